The smallest absolute Gasteiger partial charge is 0.412 e. The van der Waals surface area contributed by atoms with Gasteiger partial charge in [0.1, 0.15) is 0 Å². The fourth-order valence-electron chi connectivity index (χ4n) is 1.91. The van der Waals surface area contributed by atoms with Crippen LogP contribution in [-0.4, -0.2) is 16.2 Å². The number of para-hydroxylation sites is 1. The highest BCUT2D eigenvalue weighted by Gasteiger charge is 2.27. The van der Waals surface area contributed by atoms with Gasteiger partial charge in [0.2, 0.25) is 0 Å². The van der Waals surface area contributed by atoms with Crippen LogP contribution in [0.5, 0.6) is 0 Å². The van der Waals surface area contributed by atoms with Gasteiger partial charge < -0.3 is 5.11 Å². The molecule has 0 aliphatic carbocycles. The zero-order valence-electron chi connectivity index (χ0n) is 8.25. The predicted octanol–water partition coefficient (Wildman–Crippen LogP) is 2.81. The topological polar surface area (TPSA) is 53.4 Å². The van der Waals surface area contributed by atoms with E-state index in [0.29, 0.717) is 6.54 Å². The van der Waals surface area contributed by atoms with Crippen molar-refractivity contribution in [3.8, 4) is 10.4 Å². The standard InChI is InChI=1S/C11H8N2O2S/c14-11(15)13-5-8-10(16-6-12-8)7-3-1-2-4-9(7)13/h1-4,6H,5H2,(H,14,15). The van der Waals surface area contributed by atoms with Gasteiger partial charge in [0.25, 0.3) is 0 Å². The van der Waals surface area contributed by atoms with Gasteiger partial charge >= 0.3 is 6.09 Å². The normalized spacial score (nSPS) is 13.1. The van der Waals surface area contributed by atoms with Crippen LogP contribution in [0.4, 0.5) is 10.5 Å². The number of aromatic nitrogens is 1. The maximum atomic E-state index is 11.2. The number of carbonyl (C=O) groups is 1. The number of anilines is 1. The number of nitrogens with zero attached hydrogens (tertiary/aromatic N) is 2. The highest BCUT2D eigenvalue weighted by Crippen LogP contribution is 2.40. The molecule has 0 spiro atoms. The van der Waals surface area contributed by atoms with E-state index in [1.54, 1.807) is 16.8 Å². The van der Waals surface area contributed by atoms with Gasteiger partial charge in [-0.2, -0.15) is 0 Å². The summed E-state index contributed by atoms with van der Waals surface area (Å²) in [4.78, 5) is 17.8. The summed E-state index contributed by atoms with van der Waals surface area (Å²) < 4.78 is 0. The monoisotopic (exact) mass is 232 g/mol. The molecule has 0 saturated carbocycles. The van der Waals surface area contributed by atoms with E-state index in [0.717, 1.165) is 21.8 Å². The van der Waals surface area contributed by atoms with Crippen molar-refractivity contribution < 1.29 is 9.90 Å². The van der Waals surface area contributed by atoms with Crippen molar-refractivity contribution in [1.82, 2.24) is 4.98 Å². The van der Waals surface area contributed by atoms with E-state index in [1.807, 2.05) is 24.3 Å². The van der Waals surface area contributed by atoms with Crippen LogP contribution in [0.15, 0.2) is 29.8 Å². The summed E-state index contributed by atoms with van der Waals surface area (Å²) in [6.45, 7) is 0.338. The zero-order valence-corrected chi connectivity index (χ0v) is 9.07. The predicted molar refractivity (Wildman–Crippen MR) is 61.8 cm³/mol. The third-order valence-electron chi connectivity index (χ3n) is 2.62. The second-order valence-corrected chi connectivity index (χ2v) is 4.37. The van der Waals surface area contributed by atoms with Gasteiger partial charge in [-0.25, -0.2) is 9.78 Å². The van der Waals surface area contributed by atoms with E-state index in [4.69, 9.17) is 5.11 Å². The average molecular weight is 232 g/mol. The molecule has 0 radical (unpaired) electrons. The van der Waals surface area contributed by atoms with E-state index in [2.05, 4.69) is 4.98 Å². The first-order valence-electron chi connectivity index (χ1n) is 4.79. The number of benzene rings is 1. The number of fused-ring (bicyclic) bond motifs is 3. The highest BCUT2D eigenvalue weighted by molar-refractivity contribution is 7.13. The van der Waals surface area contributed by atoms with Crippen LogP contribution in [0.3, 0.4) is 0 Å². The van der Waals surface area contributed by atoms with E-state index in [9.17, 15) is 4.79 Å². The van der Waals surface area contributed by atoms with Crippen LogP contribution in [0.25, 0.3) is 10.4 Å². The lowest BCUT2D eigenvalue weighted by molar-refractivity contribution is 0.201. The number of carboxylic acid groups (broad SMARTS) is 1. The second-order valence-electron chi connectivity index (χ2n) is 3.51. The quantitative estimate of drug-likeness (QED) is 0.759. The first-order valence-corrected chi connectivity index (χ1v) is 5.67. The van der Waals surface area contributed by atoms with Crippen LogP contribution >= 0.6 is 11.3 Å². The summed E-state index contributed by atoms with van der Waals surface area (Å²) in [6.07, 6.45) is -0.939. The first kappa shape index (κ1) is 9.35. The Hall–Kier alpha value is -1.88. The fourth-order valence-corrected chi connectivity index (χ4v) is 2.75. The maximum absolute atomic E-state index is 11.2. The van der Waals surface area contributed by atoms with Gasteiger partial charge in [-0.05, 0) is 6.07 Å². The van der Waals surface area contributed by atoms with Crippen molar-refractivity contribution in [2.75, 3.05) is 4.90 Å². The van der Waals surface area contributed by atoms with Crippen molar-refractivity contribution in [2.24, 2.45) is 0 Å². The Labute approximate surface area is 95.8 Å². The third kappa shape index (κ3) is 1.22. The minimum Gasteiger partial charge on any atom is -0.465 e. The Morgan fingerprint density at radius 1 is 1.44 bits per heavy atom. The maximum Gasteiger partial charge on any atom is 0.412 e. The first-order chi connectivity index (χ1) is 7.77. The molecular formula is C11H8N2O2S. The highest BCUT2D eigenvalue weighted by atomic mass is 32.1. The average Bonchev–Trinajstić information content (AvgIpc) is 2.75. The lowest BCUT2D eigenvalue weighted by atomic mass is 10.0. The minimum absolute atomic E-state index is 0.338. The van der Waals surface area contributed by atoms with Crippen LogP contribution < -0.4 is 4.90 Å². The summed E-state index contributed by atoms with van der Waals surface area (Å²) in [6, 6.07) is 7.52. The molecule has 1 aromatic carbocycles. The van der Waals surface area contributed by atoms with E-state index in [-0.39, 0.29) is 0 Å². The summed E-state index contributed by atoms with van der Waals surface area (Å²) in [7, 11) is 0. The number of hydrogen-bond acceptors (Lipinski definition) is 3. The second kappa shape index (κ2) is 3.31. The van der Waals surface area contributed by atoms with Crippen molar-refractivity contribution >= 4 is 23.1 Å². The van der Waals surface area contributed by atoms with Crippen molar-refractivity contribution in [2.45, 2.75) is 6.54 Å². The van der Waals surface area contributed by atoms with Gasteiger partial charge in [-0.3, -0.25) is 4.90 Å². The molecule has 80 valence electrons. The lowest BCUT2D eigenvalue weighted by Gasteiger charge is -2.25. The number of thiazole rings is 1. The third-order valence-corrected chi connectivity index (χ3v) is 3.52. The minimum atomic E-state index is -0.939. The molecule has 0 atom stereocenters. The van der Waals surface area contributed by atoms with Crippen LogP contribution in [0.1, 0.15) is 5.69 Å². The molecule has 1 aliphatic heterocycles. The summed E-state index contributed by atoms with van der Waals surface area (Å²) in [5.41, 5.74) is 4.29. The Bertz CT molecular complexity index is 565. The van der Waals surface area contributed by atoms with Gasteiger partial charge in [0.05, 0.1) is 28.3 Å². The Balaban J connectivity index is 2.25. The molecule has 0 unspecified atom stereocenters. The van der Waals surface area contributed by atoms with Gasteiger partial charge in [0.15, 0.2) is 0 Å². The lowest BCUT2D eigenvalue weighted by Crippen LogP contribution is -2.31. The van der Waals surface area contributed by atoms with Crippen LogP contribution in [0, 0.1) is 0 Å². The molecule has 2 heterocycles. The molecule has 1 amide bonds. The Morgan fingerprint density at radius 2 is 2.25 bits per heavy atom. The van der Waals surface area contributed by atoms with Crippen LogP contribution in [0.2, 0.25) is 0 Å². The van der Waals surface area contributed by atoms with Crippen molar-refractivity contribution in [3.63, 3.8) is 0 Å². The molecule has 0 saturated heterocycles. The number of hydrogen-bond donors (Lipinski definition) is 1. The molecule has 16 heavy (non-hydrogen) atoms. The number of rotatable bonds is 0. The largest absolute Gasteiger partial charge is 0.465 e. The molecule has 4 nitrogen and oxygen atoms in total. The summed E-state index contributed by atoms with van der Waals surface area (Å²) in [5, 5.41) is 9.15. The Kier molecular flexibility index (Phi) is 1.94. The molecule has 1 aliphatic rings. The molecule has 0 fully saturated rings. The van der Waals surface area contributed by atoms with Crippen molar-refractivity contribution in [1.29, 1.82) is 0 Å². The molecule has 1 aromatic heterocycles. The van der Waals surface area contributed by atoms with Gasteiger partial charge in [-0.1, -0.05) is 18.2 Å². The van der Waals surface area contributed by atoms with E-state index in [1.165, 1.54) is 4.90 Å². The van der Waals surface area contributed by atoms with Crippen molar-refractivity contribution in [3.05, 3.63) is 35.5 Å². The van der Waals surface area contributed by atoms with Gasteiger partial charge in [-0.15, -0.1) is 11.3 Å². The van der Waals surface area contributed by atoms with Crippen LogP contribution in [-0.2, 0) is 6.54 Å². The number of amides is 1. The molecule has 5 heteroatoms. The van der Waals surface area contributed by atoms with E-state index < -0.39 is 6.09 Å². The fraction of sp³-hybridized carbons (Fsp3) is 0.0909. The molecule has 2 aromatic rings. The Morgan fingerprint density at radius 3 is 3.06 bits per heavy atom. The van der Waals surface area contributed by atoms with Gasteiger partial charge in [0, 0.05) is 5.56 Å². The molecular weight excluding hydrogens is 224 g/mol. The summed E-state index contributed by atoms with van der Waals surface area (Å²) >= 11 is 1.55. The molecule has 1 N–H and O–H groups in total. The zero-order chi connectivity index (χ0) is 11.1. The molecule has 3 rings (SSSR count). The van der Waals surface area contributed by atoms with E-state index >= 15 is 0 Å². The SMILES string of the molecule is O=C(O)N1Cc2ncsc2-c2ccccc21. The molecule has 0 bridgehead atoms. The summed E-state index contributed by atoms with van der Waals surface area (Å²) in [5.74, 6) is 0.